The van der Waals surface area contributed by atoms with Gasteiger partial charge in [-0.25, -0.2) is 0 Å². The first-order valence-corrected chi connectivity index (χ1v) is 5.39. The van der Waals surface area contributed by atoms with Crippen LogP contribution in [0.2, 0.25) is 4.34 Å². The highest BCUT2D eigenvalue weighted by Crippen LogP contribution is 2.21. The summed E-state index contributed by atoms with van der Waals surface area (Å²) in [5.41, 5.74) is 0. The third-order valence-electron chi connectivity index (χ3n) is 1.91. The third-order valence-corrected chi connectivity index (χ3v) is 3.20. The Labute approximate surface area is 86.6 Å². The van der Waals surface area contributed by atoms with Crippen LogP contribution in [0.15, 0.2) is 36.7 Å². The summed E-state index contributed by atoms with van der Waals surface area (Å²) < 4.78 is 3.05. The number of aromatic nitrogens is 1. The van der Waals surface area contributed by atoms with Crippen LogP contribution in [0.1, 0.15) is 4.88 Å². The number of aryl methyl sites for hydroxylation is 2. The maximum absolute atomic E-state index is 5.83. The molecule has 13 heavy (non-hydrogen) atoms. The molecule has 0 unspecified atom stereocenters. The second kappa shape index (κ2) is 3.99. The molecule has 1 nitrogen and oxygen atoms in total. The maximum Gasteiger partial charge on any atom is 0.0931 e. The van der Waals surface area contributed by atoms with Crippen molar-refractivity contribution in [1.82, 2.24) is 4.57 Å². The summed E-state index contributed by atoms with van der Waals surface area (Å²) in [5.74, 6) is 0. The number of thiophene rings is 1. The van der Waals surface area contributed by atoms with Crippen molar-refractivity contribution in [2.24, 2.45) is 0 Å². The molecular formula is C10H10ClNS. The van der Waals surface area contributed by atoms with Gasteiger partial charge in [0.05, 0.1) is 4.34 Å². The molecule has 0 radical (unpaired) electrons. The van der Waals surface area contributed by atoms with Gasteiger partial charge in [0.25, 0.3) is 0 Å². The lowest BCUT2D eigenvalue weighted by molar-refractivity contribution is 0.707. The standard InChI is InChI=1S/C10H10ClNS/c11-10-4-3-9(13-10)5-8-12-6-1-2-7-12/h1-4,6-7H,5,8H2. The maximum atomic E-state index is 5.83. The van der Waals surface area contributed by atoms with Gasteiger partial charge in [-0.15, -0.1) is 11.3 Å². The average molecular weight is 212 g/mol. The summed E-state index contributed by atoms with van der Waals surface area (Å²) in [6.07, 6.45) is 5.22. The van der Waals surface area contributed by atoms with Crippen LogP contribution < -0.4 is 0 Å². The van der Waals surface area contributed by atoms with Gasteiger partial charge in [-0.3, -0.25) is 0 Å². The van der Waals surface area contributed by atoms with E-state index in [-0.39, 0.29) is 0 Å². The monoisotopic (exact) mass is 211 g/mol. The molecule has 0 spiro atoms. The Balaban J connectivity index is 1.93. The lowest BCUT2D eigenvalue weighted by Crippen LogP contribution is -1.95. The van der Waals surface area contributed by atoms with Crippen LogP contribution >= 0.6 is 22.9 Å². The van der Waals surface area contributed by atoms with Gasteiger partial charge in [-0.2, -0.15) is 0 Å². The minimum absolute atomic E-state index is 0.877. The fraction of sp³-hybridized carbons (Fsp3) is 0.200. The molecule has 2 heterocycles. The largest absolute Gasteiger partial charge is 0.354 e. The van der Waals surface area contributed by atoms with Gasteiger partial charge in [-0.05, 0) is 30.7 Å². The Kier molecular flexibility index (Phi) is 2.71. The molecule has 0 amide bonds. The minimum atomic E-state index is 0.877. The predicted molar refractivity (Wildman–Crippen MR) is 57.5 cm³/mol. The molecule has 0 saturated heterocycles. The van der Waals surface area contributed by atoms with Crippen molar-refractivity contribution >= 4 is 22.9 Å². The van der Waals surface area contributed by atoms with E-state index in [0.717, 1.165) is 17.3 Å². The number of rotatable bonds is 3. The van der Waals surface area contributed by atoms with Crippen molar-refractivity contribution in [3.63, 3.8) is 0 Å². The molecule has 0 bridgehead atoms. The Bertz CT molecular complexity index is 364. The molecule has 0 atom stereocenters. The van der Waals surface area contributed by atoms with E-state index in [1.807, 2.05) is 18.2 Å². The van der Waals surface area contributed by atoms with E-state index in [4.69, 9.17) is 11.6 Å². The quantitative estimate of drug-likeness (QED) is 0.733. The number of nitrogens with zero attached hydrogens (tertiary/aromatic N) is 1. The van der Waals surface area contributed by atoms with Crippen molar-refractivity contribution in [3.8, 4) is 0 Å². The smallest absolute Gasteiger partial charge is 0.0931 e. The molecule has 0 aliphatic carbocycles. The Morgan fingerprint density at radius 1 is 1.23 bits per heavy atom. The summed E-state index contributed by atoms with van der Waals surface area (Å²) >= 11 is 7.49. The fourth-order valence-corrected chi connectivity index (χ4v) is 2.32. The summed E-state index contributed by atoms with van der Waals surface area (Å²) in [6, 6.07) is 8.14. The first-order valence-electron chi connectivity index (χ1n) is 4.19. The van der Waals surface area contributed by atoms with E-state index in [1.54, 1.807) is 11.3 Å². The highest BCUT2D eigenvalue weighted by atomic mass is 35.5. The molecular weight excluding hydrogens is 202 g/mol. The van der Waals surface area contributed by atoms with Crippen molar-refractivity contribution in [2.75, 3.05) is 0 Å². The first-order chi connectivity index (χ1) is 6.34. The highest BCUT2D eigenvalue weighted by molar-refractivity contribution is 7.16. The second-order valence-corrected chi connectivity index (χ2v) is 4.68. The molecule has 0 aliphatic rings. The van der Waals surface area contributed by atoms with Crippen LogP contribution in [0.3, 0.4) is 0 Å². The zero-order valence-corrected chi connectivity index (χ0v) is 8.68. The average Bonchev–Trinajstić information content (AvgIpc) is 2.71. The van der Waals surface area contributed by atoms with Crippen molar-refractivity contribution in [3.05, 3.63) is 45.9 Å². The zero-order chi connectivity index (χ0) is 9.10. The van der Waals surface area contributed by atoms with Gasteiger partial charge >= 0.3 is 0 Å². The van der Waals surface area contributed by atoms with Crippen molar-refractivity contribution in [2.45, 2.75) is 13.0 Å². The normalized spacial score (nSPS) is 10.5. The molecule has 0 fully saturated rings. The van der Waals surface area contributed by atoms with Gasteiger partial charge in [0.15, 0.2) is 0 Å². The SMILES string of the molecule is Clc1ccc(CCn2cccc2)s1. The number of hydrogen-bond acceptors (Lipinski definition) is 1. The molecule has 0 saturated carbocycles. The molecule has 0 N–H and O–H groups in total. The Morgan fingerprint density at radius 3 is 2.62 bits per heavy atom. The summed E-state index contributed by atoms with van der Waals surface area (Å²) in [7, 11) is 0. The third kappa shape index (κ3) is 2.36. The van der Waals surface area contributed by atoms with E-state index in [9.17, 15) is 0 Å². The highest BCUT2D eigenvalue weighted by Gasteiger charge is 1.97. The van der Waals surface area contributed by atoms with Crippen LogP contribution in [0.5, 0.6) is 0 Å². The van der Waals surface area contributed by atoms with Crippen LogP contribution in [0, 0.1) is 0 Å². The van der Waals surface area contributed by atoms with Gasteiger partial charge < -0.3 is 4.57 Å². The summed E-state index contributed by atoms with van der Waals surface area (Å²) in [6.45, 7) is 1.03. The molecule has 0 aliphatic heterocycles. The molecule has 68 valence electrons. The van der Waals surface area contributed by atoms with Gasteiger partial charge in [0, 0.05) is 23.8 Å². The first kappa shape index (κ1) is 8.85. The van der Waals surface area contributed by atoms with E-state index in [2.05, 4.69) is 23.0 Å². The second-order valence-electron chi connectivity index (χ2n) is 2.88. The number of halogens is 1. The van der Waals surface area contributed by atoms with Crippen LogP contribution in [0.25, 0.3) is 0 Å². The Hall–Kier alpha value is -0.730. The van der Waals surface area contributed by atoms with Gasteiger partial charge in [-0.1, -0.05) is 11.6 Å². The van der Waals surface area contributed by atoms with E-state index < -0.39 is 0 Å². The Morgan fingerprint density at radius 2 is 2.00 bits per heavy atom. The van der Waals surface area contributed by atoms with Crippen LogP contribution in [0.4, 0.5) is 0 Å². The molecule has 3 heteroatoms. The van der Waals surface area contributed by atoms with E-state index >= 15 is 0 Å². The minimum Gasteiger partial charge on any atom is -0.354 e. The van der Waals surface area contributed by atoms with Crippen LogP contribution in [-0.2, 0) is 13.0 Å². The van der Waals surface area contributed by atoms with Gasteiger partial charge in [0.2, 0.25) is 0 Å². The molecule has 2 aromatic heterocycles. The van der Waals surface area contributed by atoms with Crippen molar-refractivity contribution in [1.29, 1.82) is 0 Å². The predicted octanol–water partition coefficient (Wildman–Crippen LogP) is 3.45. The lowest BCUT2D eigenvalue weighted by atomic mass is 10.3. The molecule has 2 rings (SSSR count). The topological polar surface area (TPSA) is 4.93 Å². The molecule has 0 aromatic carbocycles. The van der Waals surface area contributed by atoms with E-state index in [0.29, 0.717) is 0 Å². The van der Waals surface area contributed by atoms with Crippen molar-refractivity contribution < 1.29 is 0 Å². The zero-order valence-electron chi connectivity index (χ0n) is 7.11. The fourth-order valence-electron chi connectivity index (χ4n) is 1.24. The van der Waals surface area contributed by atoms with Crippen LogP contribution in [-0.4, -0.2) is 4.57 Å². The lowest BCUT2D eigenvalue weighted by Gasteiger charge is -1.99. The van der Waals surface area contributed by atoms with E-state index in [1.165, 1.54) is 4.88 Å². The summed E-state index contributed by atoms with van der Waals surface area (Å²) in [4.78, 5) is 1.35. The molecule has 2 aromatic rings. The van der Waals surface area contributed by atoms with Gasteiger partial charge in [0.1, 0.15) is 0 Å². The number of hydrogen-bond donors (Lipinski definition) is 0. The summed E-state index contributed by atoms with van der Waals surface area (Å²) in [5, 5.41) is 0.